The second-order valence-corrected chi connectivity index (χ2v) is 7.28. The number of hydrogen-bond donors (Lipinski definition) is 1. The first-order chi connectivity index (χ1) is 10.8. The lowest BCUT2D eigenvalue weighted by Gasteiger charge is -2.26. The normalized spacial score (nSPS) is 19.3. The third-order valence-electron chi connectivity index (χ3n) is 4.10. The van der Waals surface area contributed by atoms with E-state index in [-0.39, 0.29) is 6.09 Å². The third kappa shape index (κ3) is 5.82. The molecular weight excluding hydrogens is 290 g/mol. The molecule has 2 rings (SSSR count). The summed E-state index contributed by atoms with van der Waals surface area (Å²) in [5.74, 6) is 0. The fourth-order valence-electron chi connectivity index (χ4n) is 2.76. The van der Waals surface area contributed by atoms with Gasteiger partial charge in [-0.15, -0.1) is 0 Å². The predicted molar refractivity (Wildman–Crippen MR) is 91.3 cm³/mol. The van der Waals surface area contributed by atoms with Gasteiger partial charge in [0.25, 0.3) is 0 Å². The number of hydrogen-bond acceptors (Lipinski definition) is 4. The van der Waals surface area contributed by atoms with E-state index in [2.05, 4.69) is 23.3 Å². The smallest absolute Gasteiger partial charge is 0.410 e. The fourth-order valence-corrected chi connectivity index (χ4v) is 2.76. The molecule has 1 N–H and O–H groups in total. The van der Waals surface area contributed by atoms with Crippen molar-refractivity contribution >= 4 is 6.09 Å². The van der Waals surface area contributed by atoms with Gasteiger partial charge in [-0.05, 0) is 64.2 Å². The van der Waals surface area contributed by atoms with Crippen LogP contribution in [0.25, 0.3) is 0 Å². The van der Waals surface area contributed by atoms with Crippen LogP contribution in [-0.2, 0) is 11.3 Å². The Balaban J connectivity index is 1.82. The number of nitrogens with zero attached hydrogens (tertiary/aromatic N) is 2. The van der Waals surface area contributed by atoms with Gasteiger partial charge in [-0.2, -0.15) is 0 Å². The minimum Gasteiger partial charge on any atom is -0.444 e. The van der Waals surface area contributed by atoms with Crippen LogP contribution in [0.1, 0.15) is 51.2 Å². The number of amides is 1. The van der Waals surface area contributed by atoms with Crippen LogP contribution in [-0.4, -0.2) is 40.7 Å². The molecule has 0 saturated carbocycles. The van der Waals surface area contributed by atoms with Gasteiger partial charge in [0.2, 0.25) is 0 Å². The number of nitrogens with one attached hydrogen (secondary N) is 1. The maximum absolute atomic E-state index is 12.2. The number of pyridine rings is 1. The summed E-state index contributed by atoms with van der Waals surface area (Å²) >= 11 is 0. The van der Waals surface area contributed by atoms with Crippen molar-refractivity contribution < 1.29 is 9.53 Å². The van der Waals surface area contributed by atoms with Crippen molar-refractivity contribution in [2.24, 2.45) is 0 Å². The Hall–Kier alpha value is -1.62. The molecule has 1 aliphatic heterocycles. The summed E-state index contributed by atoms with van der Waals surface area (Å²) in [6.45, 7) is 10.2. The highest BCUT2D eigenvalue weighted by Crippen LogP contribution is 2.16. The minimum absolute atomic E-state index is 0.192. The molecule has 5 heteroatoms. The second-order valence-electron chi connectivity index (χ2n) is 7.28. The summed E-state index contributed by atoms with van der Waals surface area (Å²) in [6, 6.07) is 2.50. The molecule has 1 saturated heterocycles. The average molecular weight is 319 g/mol. The molecule has 0 aromatic carbocycles. The van der Waals surface area contributed by atoms with Crippen molar-refractivity contribution in [3.8, 4) is 0 Å². The highest BCUT2D eigenvalue weighted by Gasteiger charge is 2.25. The molecule has 1 unspecified atom stereocenters. The van der Waals surface area contributed by atoms with Crippen molar-refractivity contribution in [1.82, 2.24) is 15.2 Å². The number of aryl methyl sites for hydroxylation is 1. The Labute approximate surface area is 139 Å². The summed E-state index contributed by atoms with van der Waals surface area (Å²) in [4.78, 5) is 18.1. The first-order valence-corrected chi connectivity index (χ1v) is 8.46. The van der Waals surface area contributed by atoms with Crippen LogP contribution in [0.15, 0.2) is 18.5 Å². The largest absolute Gasteiger partial charge is 0.444 e. The number of rotatable bonds is 3. The molecule has 0 aliphatic carbocycles. The van der Waals surface area contributed by atoms with E-state index in [1.54, 1.807) is 0 Å². The molecule has 1 fully saturated rings. The van der Waals surface area contributed by atoms with Gasteiger partial charge in [0.05, 0.1) is 0 Å². The van der Waals surface area contributed by atoms with Gasteiger partial charge in [0, 0.05) is 38.1 Å². The Morgan fingerprint density at radius 2 is 2.17 bits per heavy atom. The van der Waals surface area contributed by atoms with Crippen LogP contribution in [0.5, 0.6) is 0 Å². The Bertz CT molecular complexity index is 525. The zero-order valence-electron chi connectivity index (χ0n) is 14.8. The molecule has 0 radical (unpaired) electrons. The number of aromatic nitrogens is 1. The Morgan fingerprint density at radius 1 is 1.39 bits per heavy atom. The zero-order valence-corrected chi connectivity index (χ0v) is 14.8. The highest BCUT2D eigenvalue weighted by molar-refractivity contribution is 5.68. The maximum Gasteiger partial charge on any atom is 0.410 e. The lowest BCUT2D eigenvalue weighted by atomic mass is 10.1. The highest BCUT2D eigenvalue weighted by atomic mass is 16.6. The molecule has 5 nitrogen and oxygen atoms in total. The molecule has 23 heavy (non-hydrogen) atoms. The monoisotopic (exact) mass is 319 g/mol. The third-order valence-corrected chi connectivity index (χ3v) is 4.10. The standard InChI is InChI=1S/C18H29N3O2/c1-14-12-19-9-7-15(14)13-20-16-6-5-10-21(11-8-16)17(22)23-18(2,3)4/h7,9,12,16,20H,5-6,8,10-11,13H2,1-4H3. The summed E-state index contributed by atoms with van der Waals surface area (Å²) < 4.78 is 5.47. The molecule has 1 amide bonds. The van der Waals surface area contributed by atoms with Gasteiger partial charge in [-0.1, -0.05) is 0 Å². The van der Waals surface area contributed by atoms with Crippen molar-refractivity contribution in [3.05, 3.63) is 29.6 Å². The van der Waals surface area contributed by atoms with Crippen LogP contribution in [0.4, 0.5) is 4.79 Å². The first-order valence-electron chi connectivity index (χ1n) is 8.46. The fraction of sp³-hybridized carbons (Fsp3) is 0.667. The van der Waals surface area contributed by atoms with Gasteiger partial charge >= 0.3 is 6.09 Å². The van der Waals surface area contributed by atoms with Gasteiger partial charge in [0.15, 0.2) is 0 Å². The van der Waals surface area contributed by atoms with Crippen molar-refractivity contribution in [2.45, 2.75) is 65.1 Å². The van der Waals surface area contributed by atoms with E-state index in [1.165, 1.54) is 11.1 Å². The minimum atomic E-state index is -0.431. The van der Waals surface area contributed by atoms with Crippen molar-refractivity contribution in [2.75, 3.05) is 13.1 Å². The number of carbonyl (C=O) groups is 1. The maximum atomic E-state index is 12.2. The number of likely N-dealkylation sites (tertiary alicyclic amines) is 1. The summed E-state index contributed by atoms with van der Waals surface area (Å²) in [5.41, 5.74) is 2.07. The SMILES string of the molecule is Cc1cnccc1CNC1CCCN(C(=O)OC(C)(C)C)CC1. The second kappa shape index (κ2) is 7.77. The van der Waals surface area contributed by atoms with Gasteiger partial charge in [0.1, 0.15) is 5.60 Å². The van der Waals surface area contributed by atoms with E-state index >= 15 is 0 Å². The lowest BCUT2D eigenvalue weighted by Crippen LogP contribution is -2.38. The van der Waals surface area contributed by atoms with E-state index in [4.69, 9.17) is 4.74 Å². The number of carbonyl (C=O) groups excluding carboxylic acids is 1. The van der Waals surface area contributed by atoms with Crippen LogP contribution < -0.4 is 5.32 Å². The van der Waals surface area contributed by atoms with E-state index in [9.17, 15) is 4.79 Å². The van der Waals surface area contributed by atoms with E-state index in [0.717, 1.165) is 38.9 Å². The van der Waals surface area contributed by atoms with Crippen LogP contribution >= 0.6 is 0 Å². The van der Waals surface area contributed by atoms with Crippen molar-refractivity contribution in [1.29, 1.82) is 0 Å². The predicted octanol–water partition coefficient (Wildman–Crippen LogP) is 3.27. The molecule has 0 bridgehead atoms. The molecule has 1 aromatic heterocycles. The topological polar surface area (TPSA) is 54.5 Å². The van der Waals surface area contributed by atoms with Gasteiger partial charge in [-0.3, -0.25) is 4.98 Å². The summed E-state index contributed by atoms with van der Waals surface area (Å²) in [6.07, 6.45) is 6.59. The Kier molecular flexibility index (Phi) is 5.99. The lowest BCUT2D eigenvalue weighted by molar-refractivity contribution is 0.0256. The van der Waals surface area contributed by atoms with E-state index in [1.807, 2.05) is 38.1 Å². The molecule has 1 atom stereocenters. The summed E-state index contributed by atoms with van der Waals surface area (Å²) in [7, 11) is 0. The quantitative estimate of drug-likeness (QED) is 0.929. The van der Waals surface area contributed by atoms with Gasteiger partial charge < -0.3 is 15.0 Å². The average Bonchev–Trinajstić information content (AvgIpc) is 2.70. The van der Waals surface area contributed by atoms with Gasteiger partial charge in [-0.25, -0.2) is 4.79 Å². The molecule has 128 valence electrons. The molecule has 1 aromatic rings. The molecule has 1 aliphatic rings. The van der Waals surface area contributed by atoms with E-state index < -0.39 is 5.60 Å². The van der Waals surface area contributed by atoms with Crippen LogP contribution in [0.3, 0.4) is 0 Å². The molecule has 0 spiro atoms. The summed E-state index contributed by atoms with van der Waals surface area (Å²) in [5, 5.41) is 3.62. The number of ether oxygens (including phenoxy) is 1. The Morgan fingerprint density at radius 3 is 2.87 bits per heavy atom. The van der Waals surface area contributed by atoms with Crippen LogP contribution in [0, 0.1) is 6.92 Å². The molecule has 2 heterocycles. The van der Waals surface area contributed by atoms with E-state index in [0.29, 0.717) is 6.04 Å². The van der Waals surface area contributed by atoms with Crippen LogP contribution in [0.2, 0.25) is 0 Å². The zero-order chi connectivity index (χ0) is 16.9. The first kappa shape index (κ1) is 17.7. The molecular formula is C18H29N3O2. The van der Waals surface area contributed by atoms with Crippen molar-refractivity contribution in [3.63, 3.8) is 0 Å².